The van der Waals surface area contributed by atoms with Gasteiger partial charge in [0.25, 0.3) is 0 Å². The number of fused-ring (bicyclic) bond motifs is 1. The Hall–Kier alpha value is -1.65. The summed E-state index contributed by atoms with van der Waals surface area (Å²) in [6.45, 7) is 1.77. The van der Waals surface area contributed by atoms with Crippen molar-refractivity contribution in [2.75, 3.05) is 6.61 Å². The highest BCUT2D eigenvalue weighted by molar-refractivity contribution is 5.87. The van der Waals surface area contributed by atoms with E-state index in [1.54, 1.807) is 19.1 Å². The van der Waals surface area contributed by atoms with Crippen LogP contribution in [-0.2, 0) is 9.53 Å². The fourth-order valence-corrected chi connectivity index (χ4v) is 2.07. The summed E-state index contributed by atoms with van der Waals surface area (Å²) in [6, 6.07) is 12.0. The van der Waals surface area contributed by atoms with E-state index < -0.39 is 18.2 Å². The van der Waals surface area contributed by atoms with Crippen molar-refractivity contribution >= 4 is 29.1 Å². The summed E-state index contributed by atoms with van der Waals surface area (Å²) < 4.78 is 18.7. The number of carbonyl (C=O) groups excluding carboxylic acids is 1. The number of benzene rings is 2. The average Bonchev–Trinajstić information content (AvgIpc) is 2.45. The number of nitrogens with two attached hydrogens (primary N) is 1. The van der Waals surface area contributed by atoms with Crippen molar-refractivity contribution < 1.29 is 13.9 Å². The highest BCUT2D eigenvalue weighted by Crippen LogP contribution is 2.26. The molecular weight excluding hydrogens is 281 g/mol. The molecule has 0 aliphatic carbocycles. The van der Waals surface area contributed by atoms with Gasteiger partial charge in [-0.3, -0.25) is 0 Å². The van der Waals surface area contributed by atoms with Gasteiger partial charge in [-0.2, -0.15) is 0 Å². The molecule has 2 atom stereocenters. The van der Waals surface area contributed by atoms with Crippen molar-refractivity contribution in [2.24, 2.45) is 5.73 Å². The van der Waals surface area contributed by atoms with Crippen LogP contribution in [0.4, 0.5) is 4.39 Å². The Bertz CT molecular complexity index is 586. The minimum absolute atomic E-state index is 0. The van der Waals surface area contributed by atoms with E-state index in [1.165, 1.54) is 0 Å². The molecule has 2 rings (SSSR count). The number of rotatable bonds is 4. The summed E-state index contributed by atoms with van der Waals surface area (Å²) in [7, 11) is 0. The summed E-state index contributed by atoms with van der Waals surface area (Å²) >= 11 is 0. The normalized spacial score (nSPS) is 13.3. The van der Waals surface area contributed by atoms with Gasteiger partial charge in [-0.15, -0.1) is 12.4 Å². The van der Waals surface area contributed by atoms with E-state index in [1.807, 2.05) is 30.3 Å². The summed E-state index contributed by atoms with van der Waals surface area (Å²) in [5.41, 5.74) is 6.47. The first kappa shape index (κ1) is 16.4. The van der Waals surface area contributed by atoms with Crippen molar-refractivity contribution in [3.63, 3.8) is 0 Å². The van der Waals surface area contributed by atoms with E-state index in [0.29, 0.717) is 5.56 Å². The third kappa shape index (κ3) is 3.26. The molecule has 0 saturated heterocycles. The van der Waals surface area contributed by atoms with E-state index >= 15 is 0 Å². The second kappa shape index (κ2) is 7.22. The Morgan fingerprint density at radius 1 is 1.25 bits per heavy atom. The predicted molar refractivity (Wildman–Crippen MR) is 79.7 cm³/mol. The third-order valence-corrected chi connectivity index (χ3v) is 3.01. The lowest BCUT2D eigenvalue weighted by atomic mass is 9.96. The maximum atomic E-state index is 14.0. The SMILES string of the molecule is CCOC(=O)C(F)[C@@H](N)c1cccc2ccccc12.Cl. The van der Waals surface area contributed by atoms with Gasteiger partial charge in [0, 0.05) is 0 Å². The Morgan fingerprint density at radius 2 is 1.90 bits per heavy atom. The molecule has 0 aliphatic heterocycles. The number of ether oxygens (including phenoxy) is 1. The summed E-state index contributed by atoms with van der Waals surface area (Å²) in [5, 5.41) is 1.82. The van der Waals surface area contributed by atoms with Crippen LogP contribution < -0.4 is 5.73 Å². The molecule has 5 heteroatoms. The largest absolute Gasteiger partial charge is 0.464 e. The van der Waals surface area contributed by atoms with E-state index in [2.05, 4.69) is 4.74 Å². The fraction of sp³-hybridized carbons (Fsp3) is 0.267. The number of halogens is 2. The minimum Gasteiger partial charge on any atom is -0.464 e. The number of alkyl halides is 1. The molecular formula is C15H17ClFNO2. The fourth-order valence-electron chi connectivity index (χ4n) is 2.07. The molecule has 0 fully saturated rings. The molecule has 2 aromatic rings. The second-order valence-electron chi connectivity index (χ2n) is 4.25. The molecule has 2 N–H and O–H groups in total. The lowest BCUT2D eigenvalue weighted by molar-refractivity contribution is -0.149. The molecule has 0 bridgehead atoms. The molecule has 1 unspecified atom stereocenters. The number of hydrogen-bond acceptors (Lipinski definition) is 3. The zero-order chi connectivity index (χ0) is 13.8. The number of hydrogen-bond donors (Lipinski definition) is 1. The van der Waals surface area contributed by atoms with Crippen molar-refractivity contribution in [1.29, 1.82) is 0 Å². The van der Waals surface area contributed by atoms with Crippen LogP contribution in [0, 0.1) is 0 Å². The Morgan fingerprint density at radius 3 is 2.60 bits per heavy atom. The van der Waals surface area contributed by atoms with E-state index in [-0.39, 0.29) is 19.0 Å². The number of esters is 1. The van der Waals surface area contributed by atoms with Crippen LogP contribution in [0.1, 0.15) is 18.5 Å². The maximum absolute atomic E-state index is 14.0. The van der Waals surface area contributed by atoms with Crippen molar-refractivity contribution in [1.82, 2.24) is 0 Å². The van der Waals surface area contributed by atoms with Gasteiger partial charge >= 0.3 is 5.97 Å². The molecule has 0 radical (unpaired) electrons. The maximum Gasteiger partial charge on any atom is 0.342 e. The van der Waals surface area contributed by atoms with Gasteiger partial charge < -0.3 is 10.5 Å². The Labute approximate surface area is 123 Å². The Balaban J connectivity index is 0.00000200. The molecule has 2 aromatic carbocycles. The molecule has 3 nitrogen and oxygen atoms in total. The Kier molecular flexibility index (Phi) is 5.92. The highest BCUT2D eigenvalue weighted by atomic mass is 35.5. The molecule has 20 heavy (non-hydrogen) atoms. The van der Waals surface area contributed by atoms with Gasteiger partial charge in [0.15, 0.2) is 0 Å². The first-order valence-electron chi connectivity index (χ1n) is 6.19. The van der Waals surface area contributed by atoms with Crippen LogP contribution in [-0.4, -0.2) is 18.7 Å². The van der Waals surface area contributed by atoms with Gasteiger partial charge in [0.05, 0.1) is 12.6 Å². The predicted octanol–water partition coefficient (Wildman–Crippen LogP) is 3.16. The average molecular weight is 298 g/mol. The zero-order valence-corrected chi connectivity index (χ0v) is 11.9. The van der Waals surface area contributed by atoms with Crippen molar-refractivity contribution in [2.45, 2.75) is 19.1 Å². The van der Waals surface area contributed by atoms with Crippen LogP contribution in [0.15, 0.2) is 42.5 Å². The van der Waals surface area contributed by atoms with Gasteiger partial charge in [-0.1, -0.05) is 42.5 Å². The van der Waals surface area contributed by atoms with Crippen LogP contribution in [0.5, 0.6) is 0 Å². The van der Waals surface area contributed by atoms with Crippen LogP contribution in [0.3, 0.4) is 0 Å². The van der Waals surface area contributed by atoms with Gasteiger partial charge in [-0.05, 0) is 23.3 Å². The lowest BCUT2D eigenvalue weighted by Crippen LogP contribution is -2.31. The van der Waals surface area contributed by atoms with Crippen molar-refractivity contribution in [3.05, 3.63) is 48.0 Å². The van der Waals surface area contributed by atoms with Gasteiger partial charge in [-0.25, -0.2) is 9.18 Å². The number of carbonyl (C=O) groups is 1. The standard InChI is InChI=1S/C15H16FNO2.ClH/c1-2-19-15(18)13(16)14(17)12-9-5-7-10-6-3-4-8-11(10)12;/h3-9,13-14H,2,17H2,1H3;1H/t13?,14-;/m0./s1. The molecule has 0 aromatic heterocycles. The van der Waals surface area contributed by atoms with Crippen LogP contribution >= 0.6 is 12.4 Å². The molecule has 108 valence electrons. The van der Waals surface area contributed by atoms with Crippen LogP contribution in [0.25, 0.3) is 10.8 Å². The smallest absolute Gasteiger partial charge is 0.342 e. The van der Waals surface area contributed by atoms with Gasteiger partial charge in [0.1, 0.15) is 0 Å². The summed E-state index contributed by atoms with van der Waals surface area (Å²) in [5.74, 6) is -0.914. The summed E-state index contributed by atoms with van der Waals surface area (Å²) in [4.78, 5) is 11.4. The summed E-state index contributed by atoms with van der Waals surface area (Å²) in [6.07, 6.45) is -1.86. The van der Waals surface area contributed by atoms with E-state index in [9.17, 15) is 9.18 Å². The zero-order valence-electron chi connectivity index (χ0n) is 11.1. The van der Waals surface area contributed by atoms with Crippen LogP contribution in [0.2, 0.25) is 0 Å². The quantitative estimate of drug-likeness (QED) is 0.882. The first-order chi connectivity index (χ1) is 9.15. The van der Waals surface area contributed by atoms with E-state index in [4.69, 9.17) is 5.73 Å². The molecule has 0 heterocycles. The monoisotopic (exact) mass is 297 g/mol. The first-order valence-corrected chi connectivity index (χ1v) is 6.19. The van der Waals surface area contributed by atoms with Crippen molar-refractivity contribution in [3.8, 4) is 0 Å². The lowest BCUT2D eigenvalue weighted by Gasteiger charge is -2.17. The molecule has 0 amide bonds. The topological polar surface area (TPSA) is 52.3 Å². The molecule has 0 aliphatic rings. The minimum atomic E-state index is -1.86. The van der Waals surface area contributed by atoms with E-state index in [0.717, 1.165) is 10.8 Å². The third-order valence-electron chi connectivity index (χ3n) is 3.01. The second-order valence-corrected chi connectivity index (χ2v) is 4.25. The molecule has 0 saturated carbocycles. The van der Waals surface area contributed by atoms with Gasteiger partial charge in [0.2, 0.25) is 6.17 Å². The molecule has 0 spiro atoms. The highest BCUT2D eigenvalue weighted by Gasteiger charge is 2.28.